The van der Waals surface area contributed by atoms with E-state index >= 15 is 0 Å². The molecule has 1 fully saturated rings. The summed E-state index contributed by atoms with van der Waals surface area (Å²) in [5, 5.41) is 6.70. The zero-order valence-electron chi connectivity index (χ0n) is 18.9. The maximum Gasteiger partial charge on any atom is 0.307 e. The number of nitrogens with zero attached hydrogens (tertiary/aromatic N) is 4. The average Bonchev–Trinajstić information content (AvgIpc) is 3.32. The molecule has 1 aromatic carbocycles. The third-order valence-corrected chi connectivity index (χ3v) is 5.77. The molecule has 1 aliphatic heterocycles. The summed E-state index contributed by atoms with van der Waals surface area (Å²) in [6, 6.07) is 7.60. The number of piperidine rings is 1. The molecule has 1 unspecified atom stereocenters. The van der Waals surface area contributed by atoms with Crippen molar-refractivity contribution >= 4 is 46.1 Å². The van der Waals surface area contributed by atoms with Gasteiger partial charge in [0.05, 0.1) is 0 Å². The van der Waals surface area contributed by atoms with E-state index in [1.807, 2.05) is 31.2 Å². The highest BCUT2D eigenvalue weighted by molar-refractivity contribution is 5.92. The van der Waals surface area contributed by atoms with Crippen molar-refractivity contribution < 1.29 is 14.6 Å². The summed E-state index contributed by atoms with van der Waals surface area (Å²) < 4.78 is 0. The van der Waals surface area contributed by atoms with Gasteiger partial charge < -0.3 is 20.4 Å². The number of hydrogen-bond donors (Lipinski definition) is 3. The van der Waals surface area contributed by atoms with E-state index in [2.05, 4.69) is 37.1 Å². The lowest BCUT2D eigenvalue weighted by Gasteiger charge is -2.32. The Balaban J connectivity index is 1.52. The minimum Gasteiger partial charge on any atom is -0.362 e. The van der Waals surface area contributed by atoms with E-state index < -0.39 is 0 Å². The lowest BCUT2D eigenvalue weighted by molar-refractivity contribution is -0.347. The summed E-state index contributed by atoms with van der Waals surface area (Å²) in [7, 11) is 1.76. The van der Waals surface area contributed by atoms with Crippen LogP contribution < -0.4 is 20.5 Å². The van der Waals surface area contributed by atoms with Crippen molar-refractivity contribution in [2.24, 2.45) is 0 Å². The van der Waals surface area contributed by atoms with Gasteiger partial charge in [-0.2, -0.15) is 4.98 Å². The molecule has 4 rings (SSSR count). The van der Waals surface area contributed by atoms with Crippen LogP contribution in [-0.4, -0.2) is 57.8 Å². The molecule has 4 N–H and O–H groups in total. The third kappa shape index (κ3) is 4.94. The largest absolute Gasteiger partial charge is 0.362 e. The summed E-state index contributed by atoms with van der Waals surface area (Å²) in [4.78, 5) is 42.8. The number of H-pyrrole nitrogens is 2. The first kappa shape index (κ1) is 22.3. The second kappa shape index (κ2) is 9.68. The molecular formula is C23H29N8O2+. The summed E-state index contributed by atoms with van der Waals surface area (Å²) in [5.74, 6) is 1.09. The molecule has 2 aromatic heterocycles. The van der Waals surface area contributed by atoms with E-state index in [1.54, 1.807) is 23.2 Å². The van der Waals surface area contributed by atoms with Crippen LogP contribution in [0.15, 0.2) is 43.2 Å². The zero-order valence-corrected chi connectivity index (χ0v) is 18.9. The fourth-order valence-corrected chi connectivity index (χ4v) is 3.94. The van der Waals surface area contributed by atoms with Gasteiger partial charge in [0, 0.05) is 44.0 Å². The number of carbonyl (C=O) groups excluding carboxylic acids is 2. The number of fused-ring (bicyclic) bond motifs is 1. The molecule has 3 aromatic rings. The first-order valence-corrected chi connectivity index (χ1v) is 11.1. The zero-order chi connectivity index (χ0) is 23.4. The summed E-state index contributed by atoms with van der Waals surface area (Å²) in [6.45, 7) is 6.76. The van der Waals surface area contributed by atoms with Crippen LogP contribution in [0.2, 0.25) is 0 Å². The van der Waals surface area contributed by atoms with Crippen molar-refractivity contribution in [2.45, 2.75) is 32.2 Å². The van der Waals surface area contributed by atoms with Crippen molar-refractivity contribution in [1.82, 2.24) is 19.9 Å². The van der Waals surface area contributed by atoms with E-state index in [1.165, 1.54) is 6.08 Å². The second-order valence-corrected chi connectivity index (χ2v) is 8.00. The number of benzene rings is 1. The summed E-state index contributed by atoms with van der Waals surface area (Å²) in [5.41, 5.74) is 3.05. The highest BCUT2D eigenvalue weighted by Gasteiger charge is 2.25. The quantitative estimate of drug-likeness (QED) is 0.477. The number of aromatic nitrogens is 4. The average molecular weight is 450 g/mol. The van der Waals surface area contributed by atoms with Crippen LogP contribution in [0, 0.1) is 0 Å². The van der Waals surface area contributed by atoms with E-state index in [0.29, 0.717) is 30.4 Å². The molecule has 1 atom stereocenters. The standard InChI is InChI=1S/C23H28N8O2/c1-4-18(32)30(3)17-10-8-15(9-11-17)27-23-28-21-20(24-14-25-21)22(29-23)26-16-7-6-12-31(13-16)19(33)5-2/h5,8-11,14,16H,2,4,6-7,12-13H2,1,3H3,(H3,24,25,26,27,28,29)/p+1. The smallest absolute Gasteiger partial charge is 0.307 e. The van der Waals surface area contributed by atoms with Gasteiger partial charge in [-0.3, -0.25) is 14.6 Å². The van der Waals surface area contributed by atoms with Gasteiger partial charge in [0.25, 0.3) is 0 Å². The Bertz CT molecular complexity index is 1160. The Kier molecular flexibility index (Phi) is 6.53. The van der Waals surface area contributed by atoms with Crippen molar-refractivity contribution in [3.05, 3.63) is 43.2 Å². The predicted molar refractivity (Wildman–Crippen MR) is 127 cm³/mol. The van der Waals surface area contributed by atoms with Crippen LogP contribution in [0.25, 0.3) is 11.2 Å². The molecule has 0 saturated carbocycles. The van der Waals surface area contributed by atoms with Crippen LogP contribution in [0.3, 0.4) is 0 Å². The van der Waals surface area contributed by atoms with E-state index in [4.69, 9.17) is 0 Å². The number of imidazole rings is 1. The minimum absolute atomic E-state index is 0.0549. The Morgan fingerprint density at radius 2 is 2.12 bits per heavy atom. The third-order valence-electron chi connectivity index (χ3n) is 5.77. The number of anilines is 4. The molecule has 0 spiro atoms. The topological polar surface area (TPSA) is 120 Å². The fourth-order valence-electron chi connectivity index (χ4n) is 3.94. The molecule has 1 aliphatic rings. The molecule has 172 valence electrons. The van der Waals surface area contributed by atoms with Gasteiger partial charge >= 0.3 is 11.6 Å². The highest BCUT2D eigenvalue weighted by Crippen LogP contribution is 2.24. The number of carbonyl (C=O) groups is 2. The van der Waals surface area contributed by atoms with Crippen LogP contribution in [-0.2, 0) is 9.59 Å². The maximum atomic E-state index is 12.0. The lowest BCUT2D eigenvalue weighted by Crippen LogP contribution is -2.44. The molecular weight excluding hydrogens is 420 g/mol. The molecule has 10 nitrogen and oxygen atoms in total. The van der Waals surface area contributed by atoms with Crippen LogP contribution in [0.4, 0.5) is 23.1 Å². The van der Waals surface area contributed by atoms with Gasteiger partial charge in [-0.25, -0.2) is 4.98 Å². The van der Waals surface area contributed by atoms with Gasteiger partial charge in [-0.15, -0.1) is 0 Å². The summed E-state index contributed by atoms with van der Waals surface area (Å²) in [6.07, 6.45) is 5.36. The highest BCUT2D eigenvalue weighted by atomic mass is 16.2. The van der Waals surface area contributed by atoms with E-state index in [-0.39, 0.29) is 17.9 Å². The molecule has 1 saturated heterocycles. The summed E-state index contributed by atoms with van der Waals surface area (Å²) >= 11 is 0. The van der Waals surface area contributed by atoms with Gasteiger partial charge in [-0.05, 0) is 43.2 Å². The monoisotopic (exact) mass is 449 g/mol. The van der Waals surface area contributed by atoms with Gasteiger partial charge in [-0.1, -0.05) is 18.5 Å². The molecule has 3 heterocycles. The first-order valence-electron chi connectivity index (χ1n) is 11.1. The number of hydrogen-bond acceptors (Lipinski definition) is 6. The Labute approximate surface area is 192 Å². The maximum absolute atomic E-state index is 12.0. The lowest BCUT2D eigenvalue weighted by atomic mass is 10.1. The molecule has 2 amide bonds. The Morgan fingerprint density at radius 3 is 2.85 bits per heavy atom. The molecule has 0 radical (unpaired) electrons. The fraction of sp³-hybridized carbons (Fsp3) is 0.348. The molecule has 33 heavy (non-hydrogen) atoms. The molecule has 0 aliphatic carbocycles. The van der Waals surface area contributed by atoms with Crippen LogP contribution >= 0.6 is 0 Å². The molecule has 10 heteroatoms. The SMILES string of the molecule is C=CC(=O)N1CCCC(Nc2nc(Nc3ccc(N(C)C(=O)CC)cc3)nc3[nH+]c[nH]c23)C1. The Morgan fingerprint density at radius 1 is 1.33 bits per heavy atom. The molecule has 0 bridgehead atoms. The van der Waals surface area contributed by atoms with E-state index in [9.17, 15) is 9.59 Å². The number of likely N-dealkylation sites (tertiary alicyclic amines) is 1. The Hall–Kier alpha value is -3.95. The number of amides is 2. The van der Waals surface area contributed by atoms with Gasteiger partial charge in [0.2, 0.25) is 17.3 Å². The van der Waals surface area contributed by atoms with Crippen LogP contribution in [0.5, 0.6) is 0 Å². The number of nitrogens with one attached hydrogen (secondary N) is 4. The van der Waals surface area contributed by atoms with Crippen molar-refractivity contribution in [3.8, 4) is 0 Å². The van der Waals surface area contributed by atoms with E-state index in [0.717, 1.165) is 36.3 Å². The normalized spacial score (nSPS) is 15.8. The number of aromatic amines is 2. The predicted octanol–water partition coefficient (Wildman–Crippen LogP) is 2.48. The minimum atomic E-state index is -0.0559. The van der Waals surface area contributed by atoms with Gasteiger partial charge in [0.1, 0.15) is 0 Å². The van der Waals surface area contributed by atoms with Crippen LogP contribution in [0.1, 0.15) is 26.2 Å². The first-order chi connectivity index (χ1) is 16.0. The van der Waals surface area contributed by atoms with Gasteiger partial charge in [0.15, 0.2) is 12.1 Å². The van der Waals surface area contributed by atoms with Crippen molar-refractivity contribution in [3.63, 3.8) is 0 Å². The van der Waals surface area contributed by atoms with Crippen molar-refractivity contribution in [2.75, 3.05) is 35.7 Å². The van der Waals surface area contributed by atoms with Crippen molar-refractivity contribution in [1.29, 1.82) is 0 Å². The second-order valence-electron chi connectivity index (χ2n) is 8.00. The number of rotatable bonds is 7.